The van der Waals surface area contributed by atoms with Crippen molar-refractivity contribution in [2.75, 3.05) is 13.1 Å². The molecule has 0 aliphatic carbocycles. The van der Waals surface area contributed by atoms with E-state index in [1.54, 1.807) is 0 Å². The molecule has 1 aliphatic heterocycles. The van der Waals surface area contributed by atoms with E-state index in [9.17, 15) is 0 Å². The third-order valence-corrected chi connectivity index (χ3v) is 4.41. The fraction of sp³-hybridized carbons (Fsp3) is 0.647. The molecule has 1 N–H and O–H groups in total. The van der Waals surface area contributed by atoms with Crippen LogP contribution in [0.4, 0.5) is 0 Å². The minimum absolute atomic E-state index is 0.620. The lowest BCUT2D eigenvalue weighted by Gasteiger charge is -2.40. The van der Waals surface area contributed by atoms with Crippen LogP contribution < -0.4 is 5.32 Å². The van der Waals surface area contributed by atoms with Crippen LogP contribution in [0.25, 0.3) is 0 Å². The highest BCUT2D eigenvalue weighted by molar-refractivity contribution is 5.30. The second kappa shape index (κ2) is 6.06. The number of benzene rings is 1. The normalized spacial score (nSPS) is 24.9. The summed E-state index contributed by atoms with van der Waals surface area (Å²) in [5.74, 6) is 0.702. The van der Waals surface area contributed by atoms with Crippen molar-refractivity contribution < 1.29 is 0 Å². The quantitative estimate of drug-likeness (QED) is 0.898. The first kappa shape index (κ1) is 14.5. The molecule has 1 heterocycles. The maximum Gasteiger partial charge on any atom is 0.0240 e. The van der Waals surface area contributed by atoms with Crippen molar-refractivity contribution in [3.8, 4) is 0 Å². The number of aryl methyl sites for hydroxylation is 2. The zero-order valence-electron chi connectivity index (χ0n) is 13.0. The molecule has 19 heavy (non-hydrogen) atoms. The van der Waals surface area contributed by atoms with E-state index in [0.717, 1.165) is 19.6 Å². The van der Waals surface area contributed by atoms with Gasteiger partial charge in [0.25, 0.3) is 0 Å². The molecule has 0 radical (unpaired) electrons. The van der Waals surface area contributed by atoms with Crippen molar-refractivity contribution in [1.82, 2.24) is 10.2 Å². The molecule has 1 aliphatic rings. The summed E-state index contributed by atoms with van der Waals surface area (Å²) in [6, 6.07) is 8.04. The van der Waals surface area contributed by atoms with Gasteiger partial charge in [-0.1, -0.05) is 37.6 Å². The van der Waals surface area contributed by atoms with Crippen molar-refractivity contribution in [3.63, 3.8) is 0 Å². The van der Waals surface area contributed by atoms with E-state index in [2.05, 4.69) is 63.0 Å². The number of hydrogen-bond donors (Lipinski definition) is 1. The Bertz CT molecular complexity index is 425. The van der Waals surface area contributed by atoms with Crippen LogP contribution in [0.3, 0.4) is 0 Å². The largest absolute Gasteiger partial charge is 0.311 e. The van der Waals surface area contributed by atoms with Gasteiger partial charge in [0, 0.05) is 31.7 Å². The average Bonchev–Trinajstić information content (AvgIpc) is 2.36. The van der Waals surface area contributed by atoms with Gasteiger partial charge in [-0.25, -0.2) is 0 Å². The fourth-order valence-corrected chi connectivity index (χ4v) is 2.80. The summed E-state index contributed by atoms with van der Waals surface area (Å²) in [4.78, 5) is 2.63. The van der Waals surface area contributed by atoms with E-state index in [1.165, 1.54) is 16.7 Å². The number of rotatable bonds is 3. The second-order valence-electron chi connectivity index (χ2n) is 6.47. The predicted molar refractivity (Wildman–Crippen MR) is 82.4 cm³/mol. The Morgan fingerprint density at radius 2 is 2.05 bits per heavy atom. The number of piperazine rings is 1. The second-order valence-corrected chi connectivity index (χ2v) is 6.47. The molecule has 0 spiro atoms. The molecule has 2 rings (SSSR count). The summed E-state index contributed by atoms with van der Waals surface area (Å²) in [6.45, 7) is 14.7. The number of hydrogen-bond acceptors (Lipinski definition) is 2. The predicted octanol–water partition coefficient (Wildman–Crippen LogP) is 3.12. The van der Waals surface area contributed by atoms with Gasteiger partial charge in [0.15, 0.2) is 0 Å². The van der Waals surface area contributed by atoms with Crippen LogP contribution in [0.15, 0.2) is 18.2 Å². The fourth-order valence-electron chi connectivity index (χ4n) is 2.80. The molecule has 1 saturated heterocycles. The molecule has 106 valence electrons. The Kier molecular flexibility index (Phi) is 4.64. The van der Waals surface area contributed by atoms with Gasteiger partial charge in [0.2, 0.25) is 0 Å². The van der Waals surface area contributed by atoms with Gasteiger partial charge in [-0.2, -0.15) is 0 Å². The third kappa shape index (κ3) is 3.58. The Hall–Kier alpha value is -0.860. The lowest BCUT2D eigenvalue weighted by molar-refractivity contribution is 0.116. The van der Waals surface area contributed by atoms with Gasteiger partial charge in [0.1, 0.15) is 0 Å². The Labute approximate surface area is 118 Å². The lowest BCUT2D eigenvalue weighted by Crippen LogP contribution is -2.56. The number of nitrogens with zero attached hydrogens (tertiary/aromatic N) is 1. The van der Waals surface area contributed by atoms with Crippen molar-refractivity contribution in [1.29, 1.82) is 0 Å². The summed E-state index contributed by atoms with van der Waals surface area (Å²) >= 11 is 0. The van der Waals surface area contributed by atoms with E-state index in [1.807, 2.05) is 0 Å². The monoisotopic (exact) mass is 260 g/mol. The van der Waals surface area contributed by atoms with Crippen molar-refractivity contribution in [3.05, 3.63) is 34.9 Å². The molecule has 0 saturated carbocycles. The Balaban J connectivity index is 2.09. The van der Waals surface area contributed by atoms with Crippen molar-refractivity contribution in [2.24, 2.45) is 5.92 Å². The maximum atomic E-state index is 3.67. The molecule has 1 aromatic rings. The van der Waals surface area contributed by atoms with E-state index >= 15 is 0 Å². The van der Waals surface area contributed by atoms with E-state index in [0.29, 0.717) is 18.0 Å². The highest BCUT2D eigenvalue weighted by atomic mass is 15.2. The molecular weight excluding hydrogens is 232 g/mol. The first-order chi connectivity index (χ1) is 8.97. The molecule has 1 aromatic carbocycles. The van der Waals surface area contributed by atoms with Gasteiger partial charge in [-0.05, 0) is 37.8 Å². The van der Waals surface area contributed by atoms with Crippen LogP contribution >= 0.6 is 0 Å². The van der Waals surface area contributed by atoms with Gasteiger partial charge in [-0.3, -0.25) is 4.90 Å². The first-order valence-corrected chi connectivity index (χ1v) is 7.51. The smallest absolute Gasteiger partial charge is 0.0240 e. The molecule has 0 aromatic heterocycles. The van der Waals surface area contributed by atoms with Gasteiger partial charge in [0.05, 0.1) is 0 Å². The van der Waals surface area contributed by atoms with Gasteiger partial charge in [-0.15, -0.1) is 0 Å². The molecule has 0 bridgehead atoms. The highest BCUT2D eigenvalue weighted by Gasteiger charge is 2.26. The van der Waals surface area contributed by atoms with Gasteiger partial charge < -0.3 is 5.32 Å². The van der Waals surface area contributed by atoms with Crippen LogP contribution in [0.1, 0.15) is 37.5 Å². The highest BCUT2D eigenvalue weighted by Crippen LogP contribution is 2.18. The van der Waals surface area contributed by atoms with Crippen LogP contribution in [0, 0.1) is 19.8 Å². The molecular formula is C17H28N2. The van der Waals surface area contributed by atoms with Crippen LogP contribution in [0.2, 0.25) is 0 Å². The summed E-state index contributed by atoms with van der Waals surface area (Å²) in [6.07, 6.45) is 0. The summed E-state index contributed by atoms with van der Waals surface area (Å²) in [5.41, 5.74) is 4.26. The molecule has 2 atom stereocenters. The average molecular weight is 260 g/mol. The minimum Gasteiger partial charge on any atom is -0.311 e. The topological polar surface area (TPSA) is 15.3 Å². The van der Waals surface area contributed by atoms with Crippen molar-refractivity contribution >= 4 is 0 Å². The van der Waals surface area contributed by atoms with Gasteiger partial charge >= 0.3 is 0 Å². The standard InChI is InChI=1S/C17H28N2/c1-12(2)17-11-19(15(5)9-18-17)10-16-8-13(3)6-7-14(16)4/h6-8,12,15,17-18H,9-11H2,1-5H3. The van der Waals surface area contributed by atoms with E-state index < -0.39 is 0 Å². The summed E-state index contributed by atoms with van der Waals surface area (Å²) in [7, 11) is 0. The van der Waals surface area contributed by atoms with Crippen molar-refractivity contribution in [2.45, 2.75) is 53.2 Å². The lowest BCUT2D eigenvalue weighted by atomic mass is 9.98. The van der Waals surface area contributed by atoms with E-state index in [4.69, 9.17) is 0 Å². The number of nitrogens with one attached hydrogen (secondary N) is 1. The zero-order chi connectivity index (χ0) is 14.0. The summed E-state index contributed by atoms with van der Waals surface area (Å²) in [5, 5.41) is 3.67. The van der Waals surface area contributed by atoms with Crippen LogP contribution in [0.5, 0.6) is 0 Å². The molecule has 2 nitrogen and oxygen atoms in total. The van der Waals surface area contributed by atoms with E-state index in [-0.39, 0.29) is 0 Å². The molecule has 2 unspecified atom stereocenters. The SMILES string of the molecule is Cc1ccc(C)c(CN2CC(C(C)C)NCC2C)c1. The molecule has 1 fully saturated rings. The van der Waals surface area contributed by atoms with Crippen LogP contribution in [-0.4, -0.2) is 30.1 Å². The van der Waals surface area contributed by atoms with Crippen LogP contribution in [-0.2, 0) is 6.54 Å². The summed E-state index contributed by atoms with van der Waals surface area (Å²) < 4.78 is 0. The molecule has 0 amide bonds. The zero-order valence-corrected chi connectivity index (χ0v) is 13.0. The third-order valence-electron chi connectivity index (χ3n) is 4.41. The Morgan fingerprint density at radius 1 is 1.32 bits per heavy atom. The Morgan fingerprint density at radius 3 is 2.74 bits per heavy atom. The maximum absolute atomic E-state index is 3.67. The minimum atomic E-state index is 0.620. The first-order valence-electron chi connectivity index (χ1n) is 7.51. The molecule has 2 heteroatoms.